The van der Waals surface area contributed by atoms with Crippen molar-refractivity contribution in [1.29, 1.82) is 0 Å². The van der Waals surface area contributed by atoms with Crippen molar-refractivity contribution in [1.82, 2.24) is 0 Å². The van der Waals surface area contributed by atoms with E-state index >= 15 is 0 Å². The van der Waals surface area contributed by atoms with E-state index in [9.17, 15) is 0 Å². The molecule has 0 fully saturated rings. The van der Waals surface area contributed by atoms with E-state index in [0.29, 0.717) is 0 Å². The minimum Gasteiger partial charge on any atom is -0.463 e. The maximum Gasteiger partial charge on any atom is 0.148 e. The van der Waals surface area contributed by atoms with Crippen LogP contribution in [0.1, 0.15) is 12.5 Å². The highest BCUT2D eigenvalue weighted by Gasteiger charge is 2.08. The zero-order valence-corrected chi connectivity index (χ0v) is 9.45. The van der Waals surface area contributed by atoms with Gasteiger partial charge in [-0.1, -0.05) is 18.5 Å². The van der Waals surface area contributed by atoms with Crippen LogP contribution in [0.4, 0.5) is 0 Å². The van der Waals surface area contributed by atoms with Crippen molar-refractivity contribution in [3.8, 4) is 0 Å². The topological polar surface area (TPSA) is 13.1 Å². The van der Waals surface area contributed by atoms with Crippen molar-refractivity contribution >= 4 is 38.5 Å². The molecule has 0 spiro atoms. The molecule has 13 heavy (non-hydrogen) atoms. The lowest BCUT2D eigenvalue weighted by Gasteiger charge is -1.95. The minimum atomic E-state index is 0.732. The highest BCUT2D eigenvalue weighted by Crippen LogP contribution is 2.31. The first kappa shape index (κ1) is 9.10. The monoisotopic (exact) mass is 258 g/mol. The van der Waals surface area contributed by atoms with E-state index in [1.165, 1.54) is 5.56 Å². The third kappa shape index (κ3) is 1.49. The Morgan fingerprint density at radius 2 is 2.23 bits per heavy atom. The lowest BCUT2D eigenvalue weighted by molar-refractivity contribution is 0.609. The van der Waals surface area contributed by atoms with Gasteiger partial charge in [-0.15, -0.1) is 0 Å². The number of rotatable bonds is 1. The average Bonchev–Trinajstić information content (AvgIpc) is 2.47. The summed E-state index contributed by atoms with van der Waals surface area (Å²) in [6.07, 6.45) is 2.74. The van der Waals surface area contributed by atoms with Crippen molar-refractivity contribution in [3.05, 3.63) is 33.5 Å². The second-order valence-electron chi connectivity index (χ2n) is 2.88. The molecule has 0 aliphatic heterocycles. The fourth-order valence-corrected chi connectivity index (χ4v) is 2.29. The van der Waals surface area contributed by atoms with Crippen LogP contribution in [0.5, 0.6) is 0 Å². The van der Waals surface area contributed by atoms with E-state index in [-0.39, 0.29) is 0 Å². The summed E-state index contributed by atoms with van der Waals surface area (Å²) < 4.78 is 6.33. The summed E-state index contributed by atoms with van der Waals surface area (Å²) in [6.45, 7) is 2.10. The van der Waals surface area contributed by atoms with E-state index in [0.717, 1.165) is 26.9 Å². The Morgan fingerprint density at radius 1 is 1.46 bits per heavy atom. The zero-order valence-electron chi connectivity index (χ0n) is 7.10. The highest BCUT2D eigenvalue weighted by molar-refractivity contribution is 9.10. The molecule has 1 aromatic heterocycles. The summed E-state index contributed by atoms with van der Waals surface area (Å²) in [4.78, 5) is 0. The maximum absolute atomic E-state index is 5.94. The van der Waals surface area contributed by atoms with Gasteiger partial charge in [0.25, 0.3) is 0 Å². The average molecular weight is 260 g/mol. The van der Waals surface area contributed by atoms with Gasteiger partial charge in [0.2, 0.25) is 0 Å². The predicted molar refractivity (Wildman–Crippen MR) is 58.3 cm³/mol. The molecule has 0 saturated carbocycles. The second-order valence-corrected chi connectivity index (χ2v) is 4.17. The molecule has 0 saturated heterocycles. The summed E-state index contributed by atoms with van der Waals surface area (Å²) in [5, 5.41) is 1.83. The van der Waals surface area contributed by atoms with Crippen molar-refractivity contribution in [2.24, 2.45) is 0 Å². The lowest BCUT2D eigenvalue weighted by atomic mass is 10.1. The number of benzene rings is 1. The van der Waals surface area contributed by atoms with Gasteiger partial charge in [0.05, 0.1) is 10.7 Å². The van der Waals surface area contributed by atoms with Crippen LogP contribution in [0.15, 0.2) is 27.3 Å². The molecule has 0 radical (unpaired) electrons. The fourth-order valence-electron chi connectivity index (χ4n) is 1.39. The van der Waals surface area contributed by atoms with Crippen molar-refractivity contribution in [3.63, 3.8) is 0 Å². The summed E-state index contributed by atoms with van der Waals surface area (Å²) in [7, 11) is 0. The van der Waals surface area contributed by atoms with Crippen molar-refractivity contribution in [2.45, 2.75) is 13.3 Å². The Balaban J connectivity index is 2.82. The molecule has 1 aromatic carbocycles. The van der Waals surface area contributed by atoms with Gasteiger partial charge in [-0.2, -0.15) is 0 Å². The van der Waals surface area contributed by atoms with Crippen molar-refractivity contribution < 1.29 is 4.42 Å². The molecule has 0 amide bonds. The van der Waals surface area contributed by atoms with Crippen LogP contribution in [0, 0.1) is 0 Å². The fraction of sp³-hybridized carbons (Fsp3) is 0.200. The molecule has 0 bridgehead atoms. The molecular formula is C10H8BrClO. The number of fused-ring (bicyclic) bond motifs is 1. The molecule has 1 heterocycles. The van der Waals surface area contributed by atoms with E-state index in [1.54, 1.807) is 6.26 Å². The Bertz CT molecular complexity index is 447. The second kappa shape index (κ2) is 3.35. The van der Waals surface area contributed by atoms with Gasteiger partial charge in [0, 0.05) is 10.4 Å². The summed E-state index contributed by atoms with van der Waals surface area (Å²) in [6, 6.07) is 3.77. The maximum atomic E-state index is 5.94. The van der Waals surface area contributed by atoms with E-state index < -0.39 is 0 Å². The normalized spacial score (nSPS) is 11.0. The first-order valence-corrected chi connectivity index (χ1v) is 5.24. The summed E-state index contributed by atoms with van der Waals surface area (Å²) in [5.74, 6) is 0. The van der Waals surface area contributed by atoms with E-state index in [1.807, 2.05) is 12.1 Å². The zero-order chi connectivity index (χ0) is 9.42. The SMILES string of the molecule is CCc1coc2c(Br)cc(Cl)cc12. The molecule has 68 valence electrons. The lowest BCUT2D eigenvalue weighted by Crippen LogP contribution is -1.76. The molecule has 0 atom stereocenters. The van der Waals surface area contributed by atoms with Crippen LogP contribution >= 0.6 is 27.5 Å². The predicted octanol–water partition coefficient (Wildman–Crippen LogP) is 4.41. The van der Waals surface area contributed by atoms with Crippen molar-refractivity contribution in [2.75, 3.05) is 0 Å². The molecule has 3 heteroatoms. The molecule has 0 unspecified atom stereocenters. The third-order valence-electron chi connectivity index (χ3n) is 2.05. The summed E-state index contributed by atoms with van der Waals surface area (Å²) in [5.41, 5.74) is 2.07. The highest BCUT2D eigenvalue weighted by atomic mass is 79.9. The van der Waals surface area contributed by atoms with Crippen LogP contribution in [0.3, 0.4) is 0 Å². The number of hydrogen-bond donors (Lipinski definition) is 0. The number of aryl methyl sites for hydroxylation is 1. The number of hydrogen-bond acceptors (Lipinski definition) is 1. The van der Waals surface area contributed by atoms with Crippen LogP contribution in [0.2, 0.25) is 5.02 Å². The molecule has 0 N–H and O–H groups in total. The minimum absolute atomic E-state index is 0.732. The first-order chi connectivity index (χ1) is 6.22. The van der Waals surface area contributed by atoms with Gasteiger partial charge in [-0.25, -0.2) is 0 Å². The van der Waals surface area contributed by atoms with Gasteiger partial charge in [0.15, 0.2) is 0 Å². The van der Waals surface area contributed by atoms with Crippen LogP contribution in [0.25, 0.3) is 11.0 Å². The van der Waals surface area contributed by atoms with Gasteiger partial charge in [0.1, 0.15) is 5.58 Å². The Hall–Kier alpha value is -0.470. The molecule has 0 aliphatic rings. The Kier molecular flexibility index (Phi) is 2.35. The van der Waals surface area contributed by atoms with Gasteiger partial charge in [-0.05, 0) is 40.0 Å². The number of halogens is 2. The van der Waals surface area contributed by atoms with E-state index in [4.69, 9.17) is 16.0 Å². The third-order valence-corrected chi connectivity index (χ3v) is 2.86. The van der Waals surface area contributed by atoms with Gasteiger partial charge < -0.3 is 4.42 Å². The molecule has 1 nitrogen and oxygen atoms in total. The van der Waals surface area contributed by atoms with Crippen LogP contribution in [-0.4, -0.2) is 0 Å². The molecular weight excluding hydrogens is 251 g/mol. The summed E-state index contributed by atoms with van der Waals surface area (Å²) >= 11 is 9.35. The first-order valence-electron chi connectivity index (χ1n) is 4.07. The largest absolute Gasteiger partial charge is 0.463 e. The van der Waals surface area contributed by atoms with E-state index in [2.05, 4.69) is 22.9 Å². The smallest absolute Gasteiger partial charge is 0.148 e. The van der Waals surface area contributed by atoms with Gasteiger partial charge >= 0.3 is 0 Å². The quantitative estimate of drug-likeness (QED) is 0.739. The Labute approximate surface area is 89.8 Å². The standard InChI is InChI=1S/C10H8BrClO/c1-2-6-5-13-10-8(6)3-7(12)4-9(10)11/h3-5H,2H2,1H3. The van der Waals surface area contributed by atoms with Gasteiger partial charge in [-0.3, -0.25) is 0 Å². The molecule has 2 aromatic rings. The molecule has 2 rings (SSSR count). The van der Waals surface area contributed by atoms with Crippen LogP contribution < -0.4 is 0 Å². The molecule has 0 aliphatic carbocycles. The Morgan fingerprint density at radius 3 is 2.92 bits per heavy atom. The van der Waals surface area contributed by atoms with Crippen LogP contribution in [-0.2, 0) is 6.42 Å². The number of furan rings is 1.